The molecule has 0 N–H and O–H groups in total. The second-order valence-electron chi connectivity index (χ2n) is 6.43. The molecule has 0 aliphatic carbocycles. The van der Waals surface area contributed by atoms with Crippen LogP contribution in [-0.4, -0.2) is 29.8 Å². The molecular formula is C17H22FNO. The summed E-state index contributed by atoms with van der Waals surface area (Å²) < 4.78 is 13.3. The van der Waals surface area contributed by atoms with Crippen LogP contribution in [0.1, 0.15) is 36.8 Å². The molecule has 108 valence electrons. The number of ketones is 1. The van der Waals surface area contributed by atoms with Gasteiger partial charge in [0.15, 0.2) is 0 Å². The lowest BCUT2D eigenvalue weighted by Crippen LogP contribution is -2.42. The van der Waals surface area contributed by atoms with E-state index in [2.05, 4.69) is 11.9 Å². The molecule has 0 aromatic heterocycles. The van der Waals surface area contributed by atoms with Crippen LogP contribution in [0.15, 0.2) is 18.2 Å². The van der Waals surface area contributed by atoms with Gasteiger partial charge in [0.25, 0.3) is 0 Å². The molecule has 20 heavy (non-hydrogen) atoms. The monoisotopic (exact) mass is 275 g/mol. The Morgan fingerprint density at radius 2 is 1.95 bits per heavy atom. The Morgan fingerprint density at radius 1 is 1.30 bits per heavy atom. The van der Waals surface area contributed by atoms with Crippen molar-refractivity contribution in [3.8, 4) is 0 Å². The van der Waals surface area contributed by atoms with Gasteiger partial charge in [0.2, 0.25) is 0 Å². The van der Waals surface area contributed by atoms with Crippen molar-refractivity contribution in [2.45, 2.75) is 51.1 Å². The van der Waals surface area contributed by atoms with Gasteiger partial charge in [-0.3, -0.25) is 4.79 Å². The quantitative estimate of drug-likeness (QED) is 0.844. The van der Waals surface area contributed by atoms with Gasteiger partial charge in [-0.25, -0.2) is 4.39 Å². The normalized spacial score (nSPS) is 29.6. The summed E-state index contributed by atoms with van der Waals surface area (Å²) in [6, 6.07) is 5.89. The first kappa shape index (κ1) is 13.7. The molecule has 2 fully saturated rings. The molecule has 2 atom stereocenters. The van der Waals surface area contributed by atoms with E-state index in [1.165, 1.54) is 25.0 Å². The van der Waals surface area contributed by atoms with Crippen LogP contribution >= 0.6 is 0 Å². The van der Waals surface area contributed by atoms with Crippen molar-refractivity contribution in [3.63, 3.8) is 0 Å². The fourth-order valence-electron chi connectivity index (χ4n) is 3.84. The van der Waals surface area contributed by atoms with Crippen LogP contribution in [0.2, 0.25) is 0 Å². The van der Waals surface area contributed by atoms with Crippen LogP contribution < -0.4 is 0 Å². The predicted octanol–water partition coefficient (Wildman–Crippen LogP) is 3.12. The van der Waals surface area contributed by atoms with Gasteiger partial charge in [-0.2, -0.15) is 0 Å². The Labute approximate surface area is 120 Å². The number of piperidine rings is 1. The second-order valence-corrected chi connectivity index (χ2v) is 6.43. The number of nitrogens with zero attached hydrogens (tertiary/aromatic N) is 1. The molecule has 2 aliphatic heterocycles. The molecule has 2 saturated heterocycles. The number of carbonyl (C=O) groups excluding carboxylic acids is 1. The van der Waals surface area contributed by atoms with Crippen LogP contribution in [0.4, 0.5) is 4.39 Å². The molecule has 1 aromatic rings. The molecule has 2 bridgehead atoms. The first-order chi connectivity index (χ1) is 9.54. The zero-order chi connectivity index (χ0) is 14.3. The summed E-state index contributed by atoms with van der Waals surface area (Å²) in [5.41, 5.74) is 1.86. The molecule has 1 aromatic carbocycles. The van der Waals surface area contributed by atoms with Crippen molar-refractivity contribution in [2.75, 3.05) is 7.05 Å². The zero-order valence-electron chi connectivity index (χ0n) is 12.2. The van der Waals surface area contributed by atoms with Gasteiger partial charge in [0.05, 0.1) is 0 Å². The summed E-state index contributed by atoms with van der Waals surface area (Å²) in [5, 5.41) is 0. The van der Waals surface area contributed by atoms with Crippen molar-refractivity contribution in [2.24, 2.45) is 5.92 Å². The van der Waals surface area contributed by atoms with Crippen LogP contribution in [0.5, 0.6) is 0 Å². The Morgan fingerprint density at radius 3 is 2.60 bits per heavy atom. The Hall–Kier alpha value is -1.22. The van der Waals surface area contributed by atoms with E-state index >= 15 is 0 Å². The maximum Gasteiger partial charge on any atom is 0.140 e. The van der Waals surface area contributed by atoms with Gasteiger partial charge >= 0.3 is 0 Å². The third-order valence-corrected chi connectivity index (χ3v) is 5.23. The average Bonchev–Trinajstić information content (AvgIpc) is 2.65. The topological polar surface area (TPSA) is 20.3 Å². The highest BCUT2D eigenvalue weighted by Gasteiger charge is 2.40. The standard InChI is InChI=1S/C17H22FNO/c1-11-3-4-14(18)7-12(11)10-17(20)13-8-15-5-6-16(9-13)19(15)2/h3-4,7,13,15-16H,5-6,8-10H2,1-2H3. The molecule has 0 radical (unpaired) electrons. The minimum atomic E-state index is -0.248. The maximum atomic E-state index is 13.3. The van der Waals surface area contributed by atoms with Crippen LogP contribution in [0, 0.1) is 18.7 Å². The van der Waals surface area contributed by atoms with Crippen molar-refractivity contribution in [1.29, 1.82) is 0 Å². The second kappa shape index (κ2) is 5.28. The van der Waals surface area contributed by atoms with E-state index in [4.69, 9.17) is 0 Å². The SMILES string of the molecule is Cc1ccc(F)cc1CC(=O)C1CC2CCC(C1)N2C. The minimum absolute atomic E-state index is 0.173. The minimum Gasteiger partial charge on any atom is -0.300 e. The Bertz CT molecular complexity index is 514. The first-order valence-electron chi connectivity index (χ1n) is 7.54. The Kier molecular flexibility index (Phi) is 3.63. The van der Waals surface area contributed by atoms with Crippen LogP contribution in [0.25, 0.3) is 0 Å². The summed E-state index contributed by atoms with van der Waals surface area (Å²) in [6.07, 6.45) is 4.81. The highest BCUT2D eigenvalue weighted by atomic mass is 19.1. The van der Waals surface area contributed by atoms with E-state index in [-0.39, 0.29) is 11.7 Å². The third kappa shape index (κ3) is 2.51. The van der Waals surface area contributed by atoms with E-state index in [1.54, 1.807) is 6.07 Å². The number of rotatable bonds is 3. The summed E-state index contributed by atoms with van der Waals surface area (Å²) in [6.45, 7) is 1.94. The molecular weight excluding hydrogens is 253 g/mol. The number of halogens is 1. The molecule has 3 heteroatoms. The van der Waals surface area contributed by atoms with E-state index in [0.717, 1.165) is 24.0 Å². The van der Waals surface area contributed by atoms with E-state index in [0.29, 0.717) is 24.3 Å². The van der Waals surface area contributed by atoms with E-state index in [9.17, 15) is 9.18 Å². The van der Waals surface area contributed by atoms with Crippen molar-refractivity contribution in [3.05, 3.63) is 35.1 Å². The molecule has 0 amide bonds. The lowest BCUT2D eigenvalue weighted by Gasteiger charge is -2.35. The fraction of sp³-hybridized carbons (Fsp3) is 0.588. The number of carbonyl (C=O) groups is 1. The first-order valence-corrected chi connectivity index (χ1v) is 7.54. The third-order valence-electron chi connectivity index (χ3n) is 5.23. The number of aryl methyl sites for hydroxylation is 1. The summed E-state index contributed by atoms with van der Waals surface area (Å²) >= 11 is 0. The fourth-order valence-corrected chi connectivity index (χ4v) is 3.84. The predicted molar refractivity (Wildman–Crippen MR) is 77.1 cm³/mol. The van der Waals surface area contributed by atoms with Gasteiger partial charge in [-0.15, -0.1) is 0 Å². The molecule has 2 nitrogen and oxygen atoms in total. The molecule has 2 heterocycles. The molecule has 2 unspecified atom stereocenters. The number of hydrogen-bond donors (Lipinski definition) is 0. The lowest BCUT2D eigenvalue weighted by molar-refractivity contribution is -0.124. The molecule has 0 saturated carbocycles. The largest absolute Gasteiger partial charge is 0.300 e. The maximum absolute atomic E-state index is 13.3. The Balaban J connectivity index is 1.69. The molecule has 2 aliphatic rings. The van der Waals surface area contributed by atoms with Crippen LogP contribution in [-0.2, 0) is 11.2 Å². The highest BCUT2D eigenvalue weighted by molar-refractivity contribution is 5.83. The molecule has 0 spiro atoms. The molecule has 3 rings (SSSR count). The number of benzene rings is 1. The summed E-state index contributed by atoms with van der Waals surface area (Å²) in [7, 11) is 2.18. The number of Topliss-reactive ketones (excluding diaryl/α,β-unsaturated/α-hetero) is 1. The van der Waals surface area contributed by atoms with Gasteiger partial charge in [0.1, 0.15) is 11.6 Å². The lowest BCUT2D eigenvalue weighted by atomic mass is 9.85. The van der Waals surface area contributed by atoms with Gasteiger partial charge in [0, 0.05) is 24.4 Å². The van der Waals surface area contributed by atoms with Gasteiger partial charge in [-0.05, 0) is 62.9 Å². The van der Waals surface area contributed by atoms with Crippen molar-refractivity contribution < 1.29 is 9.18 Å². The average molecular weight is 275 g/mol. The van der Waals surface area contributed by atoms with Crippen molar-refractivity contribution >= 4 is 5.78 Å². The summed E-state index contributed by atoms with van der Waals surface area (Å²) in [5.74, 6) is 0.219. The summed E-state index contributed by atoms with van der Waals surface area (Å²) in [4.78, 5) is 15.0. The van der Waals surface area contributed by atoms with Gasteiger partial charge < -0.3 is 4.90 Å². The number of fused-ring (bicyclic) bond motifs is 2. The zero-order valence-corrected chi connectivity index (χ0v) is 12.2. The smallest absolute Gasteiger partial charge is 0.140 e. The van der Waals surface area contributed by atoms with E-state index in [1.807, 2.05) is 6.92 Å². The van der Waals surface area contributed by atoms with Gasteiger partial charge in [-0.1, -0.05) is 6.07 Å². The van der Waals surface area contributed by atoms with E-state index < -0.39 is 0 Å². The van der Waals surface area contributed by atoms with Crippen molar-refractivity contribution in [1.82, 2.24) is 4.90 Å². The number of hydrogen-bond acceptors (Lipinski definition) is 2. The highest BCUT2D eigenvalue weighted by Crippen LogP contribution is 2.38. The van der Waals surface area contributed by atoms with Crippen LogP contribution in [0.3, 0.4) is 0 Å².